The maximum atomic E-state index is 12.9. The summed E-state index contributed by atoms with van der Waals surface area (Å²) in [5.74, 6) is -0.395. The van der Waals surface area contributed by atoms with E-state index >= 15 is 0 Å². The van der Waals surface area contributed by atoms with E-state index in [1.165, 1.54) is 4.68 Å². The zero-order chi connectivity index (χ0) is 16.6. The van der Waals surface area contributed by atoms with Gasteiger partial charge in [0.15, 0.2) is 11.5 Å². The van der Waals surface area contributed by atoms with E-state index in [4.69, 9.17) is 21.6 Å². The zero-order valence-corrected chi connectivity index (χ0v) is 13.0. The number of nitriles is 1. The van der Waals surface area contributed by atoms with E-state index in [1.807, 2.05) is 6.07 Å². The highest BCUT2D eigenvalue weighted by molar-refractivity contribution is 6.29. The molecule has 1 aliphatic heterocycles. The van der Waals surface area contributed by atoms with Gasteiger partial charge in [-0.15, -0.1) is 0 Å². The Balaban J connectivity index is 2.02. The maximum absolute atomic E-state index is 12.9. The third-order valence-corrected chi connectivity index (χ3v) is 4.02. The Kier molecular flexibility index (Phi) is 4.28. The molecule has 5 nitrogen and oxygen atoms in total. The van der Waals surface area contributed by atoms with E-state index in [0.29, 0.717) is 17.1 Å². The SMILES string of the molecule is Cc1cc(C#N)nn1-c1nc(Cl)ccc1[C@@H]1C[C@H](C(F)F)CO1. The summed E-state index contributed by atoms with van der Waals surface area (Å²) >= 11 is 5.97. The molecule has 23 heavy (non-hydrogen) atoms. The highest BCUT2D eigenvalue weighted by Gasteiger charge is 2.34. The van der Waals surface area contributed by atoms with E-state index in [9.17, 15) is 8.78 Å². The Morgan fingerprint density at radius 1 is 1.48 bits per heavy atom. The first kappa shape index (κ1) is 15.8. The van der Waals surface area contributed by atoms with Crippen molar-refractivity contribution in [3.63, 3.8) is 0 Å². The van der Waals surface area contributed by atoms with Gasteiger partial charge in [-0.1, -0.05) is 11.6 Å². The molecule has 3 rings (SSSR count). The molecular formula is C15H13ClF2N4O. The summed E-state index contributed by atoms with van der Waals surface area (Å²) in [4.78, 5) is 4.26. The molecule has 0 N–H and O–H groups in total. The second-order valence-electron chi connectivity index (χ2n) is 5.39. The second-order valence-corrected chi connectivity index (χ2v) is 5.78. The molecule has 2 aromatic rings. The van der Waals surface area contributed by atoms with Crippen LogP contribution in [0.25, 0.3) is 5.82 Å². The number of ether oxygens (including phenoxy) is 1. The third-order valence-electron chi connectivity index (χ3n) is 3.81. The van der Waals surface area contributed by atoms with Crippen molar-refractivity contribution in [3.8, 4) is 11.9 Å². The second kappa shape index (κ2) is 6.22. The molecule has 1 fully saturated rings. The summed E-state index contributed by atoms with van der Waals surface area (Å²) < 4.78 is 32.7. The molecule has 0 saturated carbocycles. The molecule has 3 heterocycles. The number of hydrogen-bond donors (Lipinski definition) is 0. The van der Waals surface area contributed by atoms with Crippen LogP contribution in [0.4, 0.5) is 8.78 Å². The largest absolute Gasteiger partial charge is 0.373 e. The van der Waals surface area contributed by atoms with E-state index < -0.39 is 18.4 Å². The van der Waals surface area contributed by atoms with Crippen LogP contribution in [-0.2, 0) is 4.74 Å². The molecule has 0 aromatic carbocycles. The molecule has 2 atom stereocenters. The van der Waals surface area contributed by atoms with Crippen molar-refractivity contribution in [2.75, 3.05) is 6.61 Å². The molecule has 1 aliphatic rings. The highest BCUT2D eigenvalue weighted by Crippen LogP contribution is 2.37. The molecule has 0 spiro atoms. The first-order valence-corrected chi connectivity index (χ1v) is 7.40. The predicted molar refractivity (Wildman–Crippen MR) is 78.6 cm³/mol. The van der Waals surface area contributed by atoms with Crippen LogP contribution in [0.5, 0.6) is 0 Å². The number of hydrogen-bond acceptors (Lipinski definition) is 4. The van der Waals surface area contributed by atoms with Crippen LogP contribution >= 0.6 is 11.6 Å². The standard InChI is InChI=1S/C15H13ClF2N4O/c1-8-4-10(6-19)21-22(8)15-11(2-3-13(16)20-15)12-5-9(7-23-12)14(17)18/h2-4,9,12,14H,5,7H2,1H3/t9-,12-/m0/s1. The fourth-order valence-corrected chi connectivity index (χ4v) is 2.79. The van der Waals surface area contributed by atoms with E-state index in [-0.39, 0.29) is 23.9 Å². The lowest BCUT2D eigenvalue weighted by molar-refractivity contribution is 0.0579. The summed E-state index contributed by atoms with van der Waals surface area (Å²) in [5, 5.41) is 13.4. The average molecular weight is 339 g/mol. The lowest BCUT2D eigenvalue weighted by Crippen LogP contribution is -2.11. The fourth-order valence-electron chi connectivity index (χ4n) is 2.64. The van der Waals surface area contributed by atoms with Crippen molar-refractivity contribution in [3.05, 3.63) is 40.3 Å². The van der Waals surface area contributed by atoms with Gasteiger partial charge in [-0.05, 0) is 31.5 Å². The Bertz CT molecular complexity index is 771. The van der Waals surface area contributed by atoms with Crippen LogP contribution in [0, 0.1) is 24.2 Å². The van der Waals surface area contributed by atoms with Gasteiger partial charge in [-0.25, -0.2) is 18.4 Å². The summed E-state index contributed by atoms with van der Waals surface area (Å²) in [5.41, 5.74) is 1.57. The quantitative estimate of drug-likeness (QED) is 0.804. The first-order valence-electron chi connectivity index (χ1n) is 7.03. The summed E-state index contributed by atoms with van der Waals surface area (Å²) in [6.45, 7) is 1.78. The predicted octanol–water partition coefficient (Wildman–Crippen LogP) is 3.44. The van der Waals surface area contributed by atoms with Crippen molar-refractivity contribution in [1.82, 2.24) is 14.8 Å². The smallest absolute Gasteiger partial charge is 0.243 e. The van der Waals surface area contributed by atoms with Gasteiger partial charge < -0.3 is 4.74 Å². The fraction of sp³-hybridized carbons (Fsp3) is 0.400. The zero-order valence-electron chi connectivity index (χ0n) is 12.2. The van der Waals surface area contributed by atoms with E-state index in [2.05, 4.69) is 10.1 Å². The lowest BCUT2D eigenvalue weighted by atomic mass is 10.0. The molecule has 0 aliphatic carbocycles. The summed E-state index contributed by atoms with van der Waals surface area (Å²) in [6, 6.07) is 6.87. The Labute approximate surface area is 136 Å². The van der Waals surface area contributed by atoms with Crippen molar-refractivity contribution in [2.24, 2.45) is 5.92 Å². The molecule has 2 aromatic heterocycles. The van der Waals surface area contributed by atoms with Crippen LogP contribution in [0.15, 0.2) is 18.2 Å². The normalized spacial score (nSPS) is 20.9. The number of rotatable bonds is 3. The van der Waals surface area contributed by atoms with Crippen LogP contribution < -0.4 is 0 Å². The summed E-state index contributed by atoms with van der Waals surface area (Å²) in [6.07, 6.45) is -2.71. The summed E-state index contributed by atoms with van der Waals surface area (Å²) in [7, 11) is 0. The van der Waals surface area contributed by atoms with Gasteiger partial charge in [0.05, 0.1) is 12.7 Å². The van der Waals surface area contributed by atoms with Gasteiger partial charge in [0.25, 0.3) is 0 Å². The number of halogens is 3. The van der Waals surface area contributed by atoms with Crippen LogP contribution in [0.2, 0.25) is 5.15 Å². The van der Waals surface area contributed by atoms with Crippen molar-refractivity contribution in [2.45, 2.75) is 25.9 Å². The van der Waals surface area contributed by atoms with Crippen molar-refractivity contribution >= 4 is 11.6 Å². The Morgan fingerprint density at radius 3 is 2.87 bits per heavy atom. The minimum absolute atomic E-state index is 0.00589. The van der Waals surface area contributed by atoms with Crippen LogP contribution in [0.3, 0.4) is 0 Å². The lowest BCUT2D eigenvalue weighted by Gasteiger charge is -2.15. The van der Waals surface area contributed by atoms with Gasteiger partial charge >= 0.3 is 0 Å². The molecule has 8 heteroatoms. The van der Waals surface area contributed by atoms with Crippen molar-refractivity contribution in [1.29, 1.82) is 5.26 Å². The minimum Gasteiger partial charge on any atom is -0.373 e. The molecule has 1 saturated heterocycles. The number of alkyl halides is 2. The van der Waals surface area contributed by atoms with Gasteiger partial charge in [-0.3, -0.25) is 0 Å². The van der Waals surface area contributed by atoms with Gasteiger partial charge in [0.1, 0.15) is 11.2 Å². The first-order chi connectivity index (χ1) is 11.0. The van der Waals surface area contributed by atoms with Crippen molar-refractivity contribution < 1.29 is 13.5 Å². The number of aromatic nitrogens is 3. The molecule has 0 amide bonds. The number of nitrogens with zero attached hydrogens (tertiary/aromatic N) is 4. The minimum atomic E-state index is -2.42. The van der Waals surface area contributed by atoms with Gasteiger partial charge in [0, 0.05) is 17.2 Å². The van der Waals surface area contributed by atoms with Crippen LogP contribution in [0.1, 0.15) is 29.5 Å². The number of aryl methyl sites for hydroxylation is 1. The highest BCUT2D eigenvalue weighted by atomic mass is 35.5. The van der Waals surface area contributed by atoms with Crippen LogP contribution in [-0.4, -0.2) is 27.8 Å². The topological polar surface area (TPSA) is 63.7 Å². The molecule has 0 unspecified atom stereocenters. The monoisotopic (exact) mass is 338 g/mol. The third kappa shape index (κ3) is 3.05. The van der Waals surface area contributed by atoms with E-state index in [1.54, 1.807) is 25.1 Å². The van der Waals surface area contributed by atoms with Gasteiger partial charge in [0.2, 0.25) is 6.43 Å². The maximum Gasteiger partial charge on any atom is 0.243 e. The molecular weight excluding hydrogens is 326 g/mol. The molecule has 0 radical (unpaired) electrons. The molecule has 0 bridgehead atoms. The van der Waals surface area contributed by atoms with E-state index in [0.717, 1.165) is 0 Å². The number of pyridine rings is 1. The Morgan fingerprint density at radius 2 is 2.26 bits per heavy atom. The van der Waals surface area contributed by atoms with Gasteiger partial charge in [-0.2, -0.15) is 10.4 Å². The average Bonchev–Trinajstić information content (AvgIpc) is 3.13. The molecule has 120 valence electrons. The Hall–Kier alpha value is -2.04.